The number of carbonyl (C=O) groups is 1. The highest BCUT2D eigenvalue weighted by molar-refractivity contribution is 7.15. The van der Waals surface area contributed by atoms with Gasteiger partial charge in [-0.15, -0.1) is 11.3 Å². The molecular formula is C15H11FN2O2S. The van der Waals surface area contributed by atoms with Crippen LogP contribution in [0, 0.1) is 12.7 Å². The van der Waals surface area contributed by atoms with E-state index < -0.39 is 5.97 Å². The zero-order valence-electron chi connectivity index (χ0n) is 11.1. The van der Waals surface area contributed by atoms with Crippen molar-refractivity contribution in [2.45, 2.75) is 6.92 Å². The Kier molecular flexibility index (Phi) is 3.31. The van der Waals surface area contributed by atoms with E-state index in [4.69, 9.17) is 0 Å². The third-order valence-corrected chi connectivity index (χ3v) is 4.02. The molecule has 0 aliphatic heterocycles. The van der Waals surface area contributed by atoms with E-state index in [1.807, 2.05) is 19.1 Å². The molecule has 0 atom stereocenters. The molecule has 0 aliphatic rings. The van der Waals surface area contributed by atoms with Gasteiger partial charge in [0.05, 0.1) is 10.6 Å². The lowest BCUT2D eigenvalue weighted by molar-refractivity contribution is 0.0697. The van der Waals surface area contributed by atoms with Crippen molar-refractivity contribution in [3.05, 3.63) is 58.9 Å². The van der Waals surface area contributed by atoms with Crippen LogP contribution in [0.4, 0.5) is 4.39 Å². The first-order chi connectivity index (χ1) is 10.0. The van der Waals surface area contributed by atoms with Crippen LogP contribution >= 0.6 is 11.3 Å². The zero-order chi connectivity index (χ0) is 15.0. The maximum absolute atomic E-state index is 13.0. The van der Waals surface area contributed by atoms with Crippen molar-refractivity contribution in [1.29, 1.82) is 0 Å². The van der Waals surface area contributed by atoms with Gasteiger partial charge in [0.2, 0.25) is 0 Å². The first kappa shape index (κ1) is 13.5. The van der Waals surface area contributed by atoms with E-state index in [-0.39, 0.29) is 11.4 Å². The average Bonchev–Trinajstić information content (AvgIpc) is 3.05. The van der Waals surface area contributed by atoms with E-state index >= 15 is 0 Å². The summed E-state index contributed by atoms with van der Waals surface area (Å²) in [6, 6.07) is 9.50. The Morgan fingerprint density at radius 2 is 1.95 bits per heavy atom. The lowest BCUT2D eigenvalue weighted by Crippen LogP contribution is -1.96. The summed E-state index contributed by atoms with van der Waals surface area (Å²) < 4.78 is 14.4. The van der Waals surface area contributed by atoms with Crippen molar-refractivity contribution in [3.63, 3.8) is 0 Å². The second kappa shape index (κ2) is 5.14. The van der Waals surface area contributed by atoms with Crippen LogP contribution in [0.5, 0.6) is 0 Å². The smallest absolute Gasteiger partial charge is 0.339 e. The number of rotatable bonds is 3. The van der Waals surface area contributed by atoms with Crippen molar-refractivity contribution in [3.8, 4) is 16.3 Å². The van der Waals surface area contributed by atoms with Crippen molar-refractivity contribution in [2.24, 2.45) is 0 Å². The van der Waals surface area contributed by atoms with Crippen molar-refractivity contribution in [2.75, 3.05) is 0 Å². The molecule has 0 saturated heterocycles. The number of aromatic nitrogens is 2. The number of aromatic carboxylic acids is 1. The van der Waals surface area contributed by atoms with E-state index in [0.717, 1.165) is 9.75 Å². The van der Waals surface area contributed by atoms with E-state index in [9.17, 15) is 14.3 Å². The average molecular weight is 302 g/mol. The van der Waals surface area contributed by atoms with Gasteiger partial charge in [0.1, 0.15) is 17.1 Å². The van der Waals surface area contributed by atoms with E-state index in [2.05, 4.69) is 5.10 Å². The number of hydrogen-bond donors (Lipinski definition) is 1. The molecular weight excluding hydrogens is 291 g/mol. The predicted molar refractivity (Wildman–Crippen MR) is 78.5 cm³/mol. The number of benzene rings is 1. The fourth-order valence-corrected chi connectivity index (χ4v) is 2.87. The maximum atomic E-state index is 13.0. The first-order valence-electron chi connectivity index (χ1n) is 6.20. The van der Waals surface area contributed by atoms with Crippen LogP contribution < -0.4 is 0 Å². The Bertz CT molecular complexity index is 805. The normalized spacial score (nSPS) is 10.8. The highest BCUT2D eigenvalue weighted by Gasteiger charge is 2.18. The zero-order valence-corrected chi connectivity index (χ0v) is 11.9. The minimum atomic E-state index is -1.04. The van der Waals surface area contributed by atoms with Gasteiger partial charge in [-0.05, 0) is 43.3 Å². The minimum absolute atomic E-state index is 0.126. The fourth-order valence-electron chi connectivity index (χ4n) is 2.00. The van der Waals surface area contributed by atoms with Gasteiger partial charge in [0, 0.05) is 11.1 Å². The Balaban J connectivity index is 2.12. The van der Waals surface area contributed by atoms with Crippen LogP contribution in [0.1, 0.15) is 15.2 Å². The molecule has 6 heteroatoms. The van der Waals surface area contributed by atoms with Crippen molar-refractivity contribution >= 4 is 17.3 Å². The Morgan fingerprint density at radius 3 is 2.52 bits per heavy atom. The van der Waals surface area contributed by atoms with E-state index in [1.54, 1.807) is 12.1 Å². The summed E-state index contributed by atoms with van der Waals surface area (Å²) >= 11 is 1.48. The Labute approximate surface area is 124 Å². The maximum Gasteiger partial charge on any atom is 0.339 e. The second-order valence-electron chi connectivity index (χ2n) is 4.53. The molecule has 4 nitrogen and oxygen atoms in total. The summed E-state index contributed by atoms with van der Waals surface area (Å²) in [7, 11) is 0. The third-order valence-electron chi connectivity index (χ3n) is 3.01. The number of aryl methyl sites for hydroxylation is 1. The summed E-state index contributed by atoms with van der Waals surface area (Å²) in [5.74, 6) is -1.39. The number of halogens is 1. The highest BCUT2D eigenvalue weighted by Crippen LogP contribution is 2.30. The molecule has 0 fully saturated rings. The number of carboxylic acid groups (broad SMARTS) is 1. The monoisotopic (exact) mass is 302 g/mol. The first-order valence-corrected chi connectivity index (χ1v) is 7.02. The number of thiophene rings is 1. The molecule has 106 valence electrons. The molecule has 3 rings (SSSR count). The molecule has 0 unspecified atom stereocenters. The van der Waals surface area contributed by atoms with Gasteiger partial charge in [-0.1, -0.05) is 0 Å². The van der Waals surface area contributed by atoms with Gasteiger partial charge < -0.3 is 5.11 Å². The molecule has 1 aromatic carbocycles. The lowest BCUT2D eigenvalue weighted by Gasteiger charge is -1.99. The van der Waals surface area contributed by atoms with Crippen LogP contribution in [0.3, 0.4) is 0 Å². The molecule has 0 spiro atoms. The SMILES string of the molecule is Cc1ccc(-c2nn(-c3ccc(F)cc3)cc2C(=O)O)s1. The van der Waals surface area contributed by atoms with Crippen LogP contribution in [0.25, 0.3) is 16.3 Å². The van der Waals surface area contributed by atoms with Gasteiger partial charge >= 0.3 is 5.97 Å². The molecule has 3 aromatic rings. The summed E-state index contributed by atoms with van der Waals surface area (Å²) in [6.07, 6.45) is 1.44. The molecule has 0 amide bonds. The van der Waals surface area contributed by atoms with Gasteiger partial charge in [0.15, 0.2) is 0 Å². The van der Waals surface area contributed by atoms with E-state index in [1.165, 1.54) is 34.3 Å². The molecule has 0 saturated carbocycles. The molecule has 21 heavy (non-hydrogen) atoms. The standard InChI is InChI=1S/C15H11FN2O2S/c1-9-2-7-13(21-9)14-12(15(19)20)8-18(17-14)11-5-3-10(16)4-6-11/h2-8H,1H3,(H,19,20). The largest absolute Gasteiger partial charge is 0.478 e. The van der Waals surface area contributed by atoms with Crippen LogP contribution in [-0.4, -0.2) is 20.9 Å². The summed E-state index contributed by atoms with van der Waals surface area (Å²) in [5, 5.41) is 13.7. The topological polar surface area (TPSA) is 55.1 Å². The summed E-state index contributed by atoms with van der Waals surface area (Å²) in [6.45, 7) is 1.95. The van der Waals surface area contributed by atoms with Gasteiger partial charge in [-0.2, -0.15) is 5.10 Å². The highest BCUT2D eigenvalue weighted by atomic mass is 32.1. The molecule has 2 heterocycles. The lowest BCUT2D eigenvalue weighted by atomic mass is 10.2. The van der Waals surface area contributed by atoms with Crippen LogP contribution in [0.15, 0.2) is 42.6 Å². The molecule has 0 bridgehead atoms. The number of hydrogen-bond acceptors (Lipinski definition) is 3. The van der Waals surface area contributed by atoms with Crippen LogP contribution in [-0.2, 0) is 0 Å². The summed E-state index contributed by atoms with van der Waals surface area (Å²) in [5.41, 5.74) is 1.16. The minimum Gasteiger partial charge on any atom is -0.478 e. The van der Waals surface area contributed by atoms with Gasteiger partial charge in [-0.25, -0.2) is 13.9 Å². The fraction of sp³-hybridized carbons (Fsp3) is 0.0667. The molecule has 0 aliphatic carbocycles. The van der Waals surface area contributed by atoms with Gasteiger partial charge in [-0.3, -0.25) is 0 Å². The molecule has 0 radical (unpaired) electrons. The number of carboxylic acids is 1. The molecule has 1 N–H and O–H groups in total. The molecule has 2 aromatic heterocycles. The number of nitrogens with zero attached hydrogens (tertiary/aromatic N) is 2. The third kappa shape index (κ3) is 2.57. The quantitative estimate of drug-likeness (QED) is 0.801. The Hall–Kier alpha value is -2.47. The van der Waals surface area contributed by atoms with E-state index in [0.29, 0.717) is 11.4 Å². The predicted octanol–water partition coefficient (Wildman–Crippen LogP) is 3.75. The van der Waals surface area contributed by atoms with Crippen molar-refractivity contribution < 1.29 is 14.3 Å². The van der Waals surface area contributed by atoms with Gasteiger partial charge in [0.25, 0.3) is 0 Å². The Morgan fingerprint density at radius 1 is 1.24 bits per heavy atom. The van der Waals surface area contributed by atoms with Crippen molar-refractivity contribution in [1.82, 2.24) is 9.78 Å². The summed E-state index contributed by atoms with van der Waals surface area (Å²) in [4.78, 5) is 13.3. The van der Waals surface area contributed by atoms with Crippen LogP contribution in [0.2, 0.25) is 0 Å². The second-order valence-corrected chi connectivity index (χ2v) is 5.82.